The standard InChI is InChI=1S/C25H38N6O5/c1-16(2)29-25-22(13-28)24(31-3-5-34-6-4-31)10-23(30-25)17-7-20(35-14-18(32)11-26)9-21(8-17)36-15-19(33)12-27/h7-10,13,16,18-19,28,32-33H,3-6,11-12,14-15,26-27H2,1-2H3,(H,29,30)/t18-,19-/m1/s1. The number of anilines is 2. The van der Waals surface area contributed by atoms with E-state index < -0.39 is 12.2 Å². The van der Waals surface area contributed by atoms with Crippen LogP contribution in [0.5, 0.6) is 11.5 Å². The van der Waals surface area contributed by atoms with Crippen LogP contribution in [0.2, 0.25) is 0 Å². The molecule has 2 heterocycles. The molecule has 0 spiro atoms. The van der Waals surface area contributed by atoms with Crippen LogP contribution in [-0.4, -0.2) is 92.3 Å². The van der Waals surface area contributed by atoms with Gasteiger partial charge in [-0.15, -0.1) is 0 Å². The van der Waals surface area contributed by atoms with Crippen molar-refractivity contribution in [1.29, 1.82) is 5.41 Å². The molecule has 0 radical (unpaired) electrons. The van der Waals surface area contributed by atoms with E-state index in [-0.39, 0.29) is 32.3 Å². The van der Waals surface area contributed by atoms with Crippen molar-refractivity contribution in [3.05, 3.63) is 29.8 Å². The Hall–Kier alpha value is -2.96. The molecule has 1 aliphatic rings. The summed E-state index contributed by atoms with van der Waals surface area (Å²) in [6, 6.07) is 7.35. The molecule has 1 fully saturated rings. The Morgan fingerprint density at radius 2 is 1.64 bits per heavy atom. The molecule has 2 atom stereocenters. The molecular weight excluding hydrogens is 464 g/mol. The number of aromatic nitrogens is 1. The Labute approximate surface area is 211 Å². The highest BCUT2D eigenvalue weighted by Gasteiger charge is 2.21. The lowest BCUT2D eigenvalue weighted by Gasteiger charge is -2.31. The molecule has 0 saturated carbocycles. The molecule has 8 N–H and O–H groups in total. The fourth-order valence-corrected chi connectivity index (χ4v) is 3.69. The molecule has 2 aromatic rings. The van der Waals surface area contributed by atoms with Crippen LogP contribution < -0.4 is 31.2 Å². The topological polar surface area (TPSA) is 172 Å². The van der Waals surface area contributed by atoms with Gasteiger partial charge in [-0.25, -0.2) is 4.98 Å². The van der Waals surface area contributed by atoms with Gasteiger partial charge in [-0.3, -0.25) is 0 Å². The first-order valence-electron chi connectivity index (χ1n) is 12.2. The molecule has 0 amide bonds. The van der Waals surface area contributed by atoms with E-state index in [2.05, 4.69) is 10.2 Å². The van der Waals surface area contributed by atoms with Crippen molar-refractivity contribution >= 4 is 17.7 Å². The normalized spacial score (nSPS) is 15.5. The number of pyridine rings is 1. The third kappa shape index (κ3) is 7.52. The van der Waals surface area contributed by atoms with Crippen LogP contribution in [0.4, 0.5) is 11.5 Å². The van der Waals surface area contributed by atoms with Crippen molar-refractivity contribution in [2.45, 2.75) is 32.1 Å². The SMILES string of the molecule is CC(C)Nc1nc(-c2cc(OC[C@H](O)CN)cc(OC[C@H](O)CN)c2)cc(N2CCOCC2)c1C=N. The molecule has 0 aliphatic carbocycles. The largest absolute Gasteiger partial charge is 0.491 e. The van der Waals surface area contributed by atoms with Crippen molar-refractivity contribution in [3.8, 4) is 22.8 Å². The summed E-state index contributed by atoms with van der Waals surface area (Å²) in [5, 5.41) is 31.2. The summed E-state index contributed by atoms with van der Waals surface area (Å²) >= 11 is 0. The monoisotopic (exact) mass is 502 g/mol. The van der Waals surface area contributed by atoms with Gasteiger partial charge in [-0.2, -0.15) is 0 Å². The second-order valence-corrected chi connectivity index (χ2v) is 8.93. The first kappa shape index (κ1) is 27.6. The average molecular weight is 503 g/mol. The Morgan fingerprint density at radius 3 is 2.14 bits per heavy atom. The highest BCUT2D eigenvalue weighted by molar-refractivity contribution is 5.94. The maximum atomic E-state index is 9.86. The van der Waals surface area contributed by atoms with Crippen LogP contribution in [0.3, 0.4) is 0 Å². The van der Waals surface area contributed by atoms with Crippen LogP contribution in [0.1, 0.15) is 19.4 Å². The minimum Gasteiger partial charge on any atom is -0.491 e. The number of rotatable bonds is 13. The minimum atomic E-state index is -0.808. The number of benzene rings is 1. The van der Waals surface area contributed by atoms with Crippen molar-refractivity contribution in [2.75, 3.05) is 62.8 Å². The second kappa shape index (κ2) is 13.4. The number of ether oxygens (including phenoxy) is 3. The summed E-state index contributed by atoms with van der Waals surface area (Å²) in [7, 11) is 0. The van der Waals surface area contributed by atoms with E-state index in [0.717, 1.165) is 5.69 Å². The highest BCUT2D eigenvalue weighted by Crippen LogP contribution is 2.35. The molecule has 3 rings (SSSR count). The second-order valence-electron chi connectivity index (χ2n) is 8.93. The highest BCUT2D eigenvalue weighted by atomic mass is 16.5. The van der Waals surface area contributed by atoms with Gasteiger partial charge >= 0.3 is 0 Å². The van der Waals surface area contributed by atoms with Gasteiger partial charge in [-0.05, 0) is 32.0 Å². The number of nitrogens with two attached hydrogens (primary N) is 2. The average Bonchev–Trinajstić information content (AvgIpc) is 2.89. The smallest absolute Gasteiger partial charge is 0.137 e. The Bertz CT molecular complexity index is 967. The summed E-state index contributed by atoms with van der Waals surface area (Å²) in [6.07, 6.45) is -0.295. The van der Waals surface area contributed by atoms with Crippen molar-refractivity contribution in [3.63, 3.8) is 0 Å². The lowest BCUT2D eigenvalue weighted by molar-refractivity contribution is 0.110. The van der Waals surface area contributed by atoms with E-state index >= 15 is 0 Å². The van der Waals surface area contributed by atoms with E-state index in [1.54, 1.807) is 6.07 Å². The number of hydrogen-bond donors (Lipinski definition) is 6. The van der Waals surface area contributed by atoms with Crippen LogP contribution in [0.25, 0.3) is 11.3 Å². The van der Waals surface area contributed by atoms with E-state index in [4.69, 9.17) is 36.1 Å². The molecule has 1 aromatic carbocycles. The third-order valence-electron chi connectivity index (χ3n) is 5.56. The fraction of sp³-hybridized carbons (Fsp3) is 0.520. The molecule has 198 valence electrons. The van der Waals surface area contributed by atoms with Gasteiger partial charge in [-0.1, -0.05) is 0 Å². The summed E-state index contributed by atoms with van der Waals surface area (Å²) in [5.41, 5.74) is 14.0. The first-order valence-corrected chi connectivity index (χ1v) is 12.2. The van der Waals surface area contributed by atoms with Crippen molar-refractivity contribution in [2.24, 2.45) is 11.5 Å². The van der Waals surface area contributed by atoms with E-state index in [1.807, 2.05) is 32.0 Å². The Balaban J connectivity index is 2.08. The van der Waals surface area contributed by atoms with Crippen LogP contribution in [0.15, 0.2) is 24.3 Å². The molecule has 11 nitrogen and oxygen atoms in total. The van der Waals surface area contributed by atoms with Crippen LogP contribution in [-0.2, 0) is 4.74 Å². The number of nitrogens with one attached hydrogen (secondary N) is 2. The van der Waals surface area contributed by atoms with Crippen LogP contribution >= 0.6 is 0 Å². The molecule has 1 saturated heterocycles. The quantitative estimate of drug-likeness (QED) is 0.215. The van der Waals surface area contributed by atoms with Crippen molar-refractivity contribution < 1.29 is 24.4 Å². The van der Waals surface area contributed by atoms with Gasteiger partial charge in [0.2, 0.25) is 0 Å². The molecule has 0 unspecified atom stereocenters. The molecule has 36 heavy (non-hydrogen) atoms. The summed E-state index contributed by atoms with van der Waals surface area (Å²) < 4.78 is 17.1. The lowest BCUT2D eigenvalue weighted by atomic mass is 10.1. The Morgan fingerprint density at radius 1 is 1.06 bits per heavy atom. The number of aliphatic hydroxyl groups excluding tert-OH is 2. The summed E-state index contributed by atoms with van der Waals surface area (Å²) in [5.74, 6) is 1.52. The van der Waals surface area contributed by atoms with Gasteiger partial charge in [0.25, 0.3) is 0 Å². The number of nitrogens with zero attached hydrogens (tertiary/aromatic N) is 2. The zero-order chi connectivity index (χ0) is 26.1. The molecule has 0 bridgehead atoms. The predicted molar refractivity (Wildman–Crippen MR) is 140 cm³/mol. The zero-order valence-electron chi connectivity index (χ0n) is 20.9. The molecule has 1 aromatic heterocycles. The van der Waals surface area contributed by atoms with Gasteiger partial charge < -0.3 is 51.5 Å². The fourth-order valence-electron chi connectivity index (χ4n) is 3.69. The minimum absolute atomic E-state index is 0.0180. The van der Waals surface area contributed by atoms with Crippen molar-refractivity contribution in [1.82, 2.24) is 4.98 Å². The van der Waals surface area contributed by atoms with Crippen LogP contribution in [0, 0.1) is 5.41 Å². The molecule has 1 aliphatic heterocycles. The first-order chi connectivity index (χ1) is 17.3. The maximum absolute atomic E-state index is 9.86. The third-order valence-corrected chi connectivity index (χ3v) is 5.56. The summed E-state index contributed by atoms with van der Waals surface area (Å²) in [4.78, 5) is 7.03. The number of hydrogen-bond acceptors (Lipinski definition) is 11. The number of morpholine rings is 1. The lowest BCUT2D eigenvalue weighted by Crippen LogP contribution is -2.37. The van der Waals surface area contributed by atoms with Gasteiger partial charge in [0, 0.05) is 50.1 Å². The molecular formula is C25H38N6O5. The zero-order valence-corrected chi connectivity index (χ0v) is 20.9. The number of aliphatic hydroxyl groups is 2. The maximum Gasteiger partial charge on any atom is 0.137 e. The summed E-state index contributed by atoms with van der Waals surface area (Å²) in [6.45, 7) is 6.84. The van der Waals surface area contributed by atoms with Gasteiger partial charge in [0.15, 0.2) is 0 Å². The van der Waals surface area contributed by atoms with Gasteiger partial charge in [0.1, 0.15) is 42.7 Å². The van der Waals surface area contributed by atoms with E-state index in [9.17, 15) is 10.2 Å². The predicted octanol–water partition coefficient (Wildman–Crippen LogP) is 0.800. The van der Waals surface area contributed by atoms with Gasteiger partial charge in [0.05, 0.1) is 30.2 Å². The Kier molecular flexibility index (Phi) is 10.3. The molecule has 11 heteroatoms. The van der Waals surface area contributed by atoms with E-state index in [0.29, 0.717) is 60.4 Å². The van der Waals surface area contributed by atoms with E-state index in [1.165, 1.54) is 6.21 Å².